The van der Waals surface area contributed by atoms with Crippen molar-refractivity contribution in [3.8, 4) is 0 Å². The van der Waals surface area contributed by atoms with E-state index in [1.54, 1.807) is 12.1 Å². The molecule has 2 atom stereocenters. The van der Waals surface area contributed by atoms with Crippen LogP contribution in [0.3, 0.4) is 0 Å². The van der Waals surface area contributed by atoms with Crippen molar-refractivity contribution in [1.82, 2.24) is 5.32 Å². The fraction of sp³-hybridized carbons (Fsp3) is 0.250. The molecular formula is C16H13ClFNO3S. The van der Waals surface area contributed by atoms with Crippen LogP contribution in [-0.4, -0.2) is 17.0 Å². The molecule has 2 unspecified atom stereocenters. The number of hydrogen-bond donors (Lipinski definition) is 2. The zero-order valence-electron chi connectivity index (χ0n) is 11.9. The van der Waals surface area contributed by atoms with Gasteiger partial charge in [0.25, 0.3) is 0 Å². The summed E-state index contributed by atoms with van der Waals surface area (Å²) in [5.41, 5.74) is 0.401. The molecule has 0 spiro atoms. The molecule has 1 aliphatic carbocycles. The molecule has 0 radical (unpaired) electrons. The van der Waals surface area contributed by atoms with Gasteiger partial charge in [-0.3, -0.25) is 4.79 Å². The van der Waals surface area contributed by atoms with Crippen LogP contribution >= 0.6 is 22.9 Å². The number of rotatable bonds is 5. The Bertz CT molecular complexity index is 756. The van der Waals surface area contributed by atoms with E-state index in [0.29, 0.717) is 17.0 Å². The molecule has 2 aromatic rings. The van der Waals surface area contributed by atoms with Crippen molar-refractivity contribution in [3.05, 3.63) is 56.5 Å². The molecule has 1 fully saturated rings. The lowest BCUT2D eigenvalue weighted by Crippen LogP contribution is -2.24. The highest BCUT2D eigenvalue weighted by Gasteiger charge is 2.46. The molecule has 120 valence electrons. The van der Waals surface area contributed by atoms with Crippen LogP contribution in [0.25, 0.3) is 0 Å². The minimum absolute atomic E-state index is 0.167. The number of carboxylic acids is 1. The van der Waals surface area contributed by atoms with Crippen molar-refractivity contribution >= 4 is 34.8 Å². The Labute approximate surface area is 140 Å². The first-order valence-corrected chi connectivity index (χ1v) is 8.20. The second kappa shape index (κ2) is 6.29. The molecule has 1 heterocycles. The van der Waals surface area contributed by atoms with Crippen LogP contribution in [-0.2, 0) is 11.3 Å². The van der Waals surface area contributed by atoms with Crippen molar-refractivity contribution in [1.29, 1.82) is 0 Å². The van der Waals surface area contributed by atoms with Gasteiger partial charge in [-0.2, -0.15) is 0 Å². The van der Waals surface area contributed by atoms with E-state index in [4.69, 9.17) is 16.7 Å². The highest BCUT2D eigenvalue weighted by molar-refractivity contribution is 7.13. The minimum Gasteiger partial charge on any atom is -0.477 e. The Kier molecular flexibility index (Phi) is 4.37. The summed E-state index contributed by atoms with van der Waals surface area (Å²) in [5.74, 6) is -2.02. The molecule has 1 aromatic carbocycles. The lowest BCUT2D eigenvalue weighted by Gasteiger charge is -2.06. The van der Waals surface area contributed by atoms with Crippen LogP contribution in [0, 0.1) is 11.7 Å². The second-order valence-corrected chi connectivity index (χ2v) is 6.95. The molecule has 1 aromatic heterocycles. The molecule has 1 amide bonds. The van der Waals surface area contributed by atoms with Gasteiger partial charge >= 0.3 is 5.97 Å². The quantitative estimate of drug-likeness (QED) is 0.862. The zero-order chi connectivity index (χ0) is 16.6. The molecule has 2 N–H and O–H groups in total. The molecular weight excluding hydrogens is 341 g/mol. The summed E-state index contributed by atoms with van der Waals surface area (Å²) in [7, 11) is 0. The predicted molar refractivity (Wildman–Crippen MR) is 85.4 cm³/mol. The number of thiophene rings is 1. The van der Waals surface area contributed by atoms with Crippen molar-refractivity contribution in [3.63, 3.8) is 0 Å². The van der Waals surface area contributed by atoms with Crippen molar-refractivity contribution < 1.29 is 19.1 Å². The van der Waals surface area contributed by atoms with E-state index in [2.05, 4.69) is 5.32 Å². The summed E-state index contributed by atoms with van der Waals surface area (Å²) < 4.78 is 13.8. The molecule has 23 heavy (non-hydrogen) atoms. The van der Waals surface area contributed by atoms with Gasteiger partial charge in [-0.1, -0.05) is 17.7 Å². The summed E-state index contributed by atoms with van der Waals surface area (Å²) in [5, 5.41) is 12.0. The van der Waals surface area contributed by atoms with Gasteiger partial charge in [0, 0.05) is 27.3 Å². The molecule has 0 aliphatic heterocycles. The third-order valence-electron chi connectivity index (χ3n) is 3.81. The van der Waals surface area contributed by atoms with E-state index < -0.39 is 5.97 Å². The molecule has 0 bridgehead atoms. The van der Waals surface area contributed by atoms with Crippen LogP contribution in [0.1, 0.15) is 32.5 Å². The fourth-order valence-electron chi connectivity index (χ4n) is 2.56. The minimum atomic E-state index is -0.982. The molecule has 3 rings (SSSR count). The van der Waals surface area contributed by atoms with Crippen LogP contribution in [0.5, 0.6) is 0 Å². The summed E-state index contributed by atoms with van der Waals surface area (Å²) in [6, 6.07) is 7.68. The number of nitrogens with one attached hydrogen (secondary N) is 1. The number of carboxylic acid groups (broad SMARTS) is 1. The Balaban J connectivity index is 1.59. The normalized spacial score (nSPS) is 19.4. The highest BCUT2D eigenvalue weighted by atomic mass is 35.5. The lowest BCUT2D eigenvalue weighted by atomic mass is 10.1. The van der Waals surface area contributed by atoms with Crippen molar-refractivity contribution in [2.75, 3.05) is 0 Å². The third kappa shape index (κ3) is 3.38. The van der Waals surface area contributed by atoms with Gasteiger partial charge in [0.2, 0.25) is 5.91 Å². The predicted octanol–water partition coefficient (Wildman–Crippen LogP) is 3.66. The van der Waals surface area contributed by atoms with E-state index in [0.717, 1.165) is 16.2 Å². The number of carbonyl (C=O) groups excluding carboxylic acids is 1. The number of amides is 1. The second-order valence-electron chi connectivity index (χ2n) is 5.37. The maximum absolute atomic E-state index is 13.8. The number of halogens is 2. The lowest BCUT2D eigenvalue weighted by molar-refractivity contribution is -0.122. The first-order chi connectivity index (χ1) is 11.0. The number of carbonyl (C=O) groups is 2. The van der Waals surface area contributed by atoms with Gasteiger partial charge in [-0.15, -0.1) is 11.3 Å². The Hall–Kier alpha value is -1.92. The van der Waals surface area contributed by atoms with E-state index in [-0.39, 0.29) is 35.0 Å². The van der Waals surface area contributed by atoms with Crippen LogP contribution in [0.15, 0.2) is 30.3 Å². The van der Waals surface area contributed by atoms with Crippen molar-refractivity contribution in [2.45, 2.75) is 18.9 Å². The van der Waals surface area contributed by atoms with Crippen LogP contribution < -0.4 is 5.32 Å². The van der Waals surface area contributed by atoms with Crippen LogP contribution in [0.2, 0.25) is 5.02 Å². The number of benzene rings is 1. The molecule has 1 aliphatic rings. The third-order valence-corrected chi connectivity index (χ3v) is 5.21. The standard InChI is InChI=1S/C16H13ClFNO3S/c17-11-2-1-3-12(18)14(11)9-6-10(9)15(20)19-7-8-4-5-13(23-8)16(21)22/h1-5,9-10H,6-7H2,(H,19,20)(H,21,22). The molecule has 1 saturated carbocycles. The topological polar surface area (TPSA) is 66.4 Å². The maximum Gasteiger partial charge on any atom is 0.345 e. The monoisotopic (exact) mass is 353 g/mol. The fourth-order valence-corrected chi connectivity index (χ4v) is 3.65. The number of aromatic carboxylic acids is 1. The summed E-state index contributed by atoms with van der Waals surface area (Å²) >= 11 is 7.14. The smallest absolute Gasteiger partial charge is 0.345 e. The Morgan fingerprint density at radius 2 is 2.13 bits per heavy atom. The van der Waals surface area contributed by atoms with Gasteiger partial charge in [-0.05, 0) is 30.7 Å². The summed E-state index contributed by atoms with van der Waals surface area (Å²) in [6.45, 7) is 0.269. The van der Waals surface area contributed by atoms with E-state index in [1.165, 1.54) is 18.2 Å². The molecule has 0 saturated heterocycles. The van der Waals surface area contributed by atoms with Gasteiger partial charge in [-0.25, -0.2) is 9.18 Å². The van der Waals surface area contributed by atoms with Crippen LogP contribution in [0.4, 0.5) is 4.39 Å². The molecule has 4 nitrogen and oxygen atoms in total. The highest BCUT2D eigenvalue weighted by Crippen LogP contribution is 2.50. The first kappa shape index (κ1) is 16.0. The Morgan fingerprint density at radius 3 is 2.78 bits per heavy atom. The molecule has 7 heteroatoms. The van der Waals surface area contributed by atoms with Gasteiger partial charge < -0.3 is 10.4 Å². The van der Waals surface area contributed by atoms with E-state index in [9.17, 15) is 14.0 Å². The van der Waals surface area contributed by atoms with Gasteiger partial charge in [0.05, 0.1) is 6.54 Å². The van der Waals surface area contributed by atoms with E-state index >= 15 is 0 Å². The zero-order valence-corrected chi connectivity index (χ0v) is 13.5. The van der Waals surface area contributed by atoms with Gasteiger partial charge in [0.15, 0.2) is 0 Å². The van der Waals surface area contributed by atoms with Crippen molar-refractivity contribution in [2.24, 2.45) is 5.92 Å². The summed E-state index contributed by atoms with van der Waals surface area (Å²) in [4.78, 5) is 23.9. The van der Waals surface area contributed by atoms with Gasteiger partial charge in [0.1, 0.15) is 10.7 Å². The average Bonchev–Trinajstić information content (AvgIpc) is 3.12. The maximum atomic E-state index is 13.8. The summed E-state index contributed by atoms with van der Waals surface area (Å²) in [6.07, 6.45) is 0.567. The van der Waals surface area contributed by atoms with E-state index in [1.807, 2.05) is 0 Å². The first-order valence-electron chi connectivity index (χ1n) is 7.01. The SMILES string of the molecule is O=C(O)c1ccc(CNC(=O)C2CC2c2c(F)cccc2Cl)s1. The Morgan fingerprint density at radius 1 is 1.35 bits per heavy atom. The number of hydrogen-bond acceptors (Lipinski definition) is 3. The largest absolute Gasteiger partial charge is 0.477 e. The average molecular weight is 354 g/mol.